The maximum absolute atomic E-state index is 12.0. The lowest BCUT2D eigenvalue weighted by Crippen LogP contribution is -2.43. The number of piperidine rings is 1. The van der Waals surface area contributed by atoms with E-state index in [0.717, 1.165) is 42.6 Å². The van der Waals surface area contributed by atoms with Crippen molar-refractivity contribution in [2.45, 2.75) is 63.5 Å². The van der Waals surface area contributed by atoms with Crippen molar-refractivity contribution in [2.24, 2.45) is 0 Å². The van der Waals surface area contributed by atoms with Gasteiger partial charge in [0, 0.05) is 40.7 Å². The molecule has 4 rings (SSSR count). The van der Waals surface area contributed by atoms with Crippen molar-refractivity contribution in [3.63, 3.8) is 0 Å². The third-order valence-electron chi connectivity index (χ3n) is 6.57. The molecule has 0 spiro atoms. The summed E-state index contributed by atoms with van der Waals surface area (Å²) in [5.74, 6) is 0.00827. The van der Waals surface area contributed by atoms with E-state index < -0.39 is 6.10 Å². The van der Waals surface area contributed by atoms with Gasteiger partial charge in [-0.1, -0.05) is 62.2 Å². The Kier molecular flexibility index (Phi) is 6.19. The number of nitrogens with one attached hydrogen (secondary N) is 1. The normalized spacial score (nSPS) is 22.3. The van der Waals surface area contributed by atoms with Crippen LogP contribution in [0.3, 0.4) is 0 Å². The number of halogens is 1. The Hall–Kier alpha value is -1.88. The molecule has 2 aliphatic heterocycles. The fraction of sp³-hybridized carbons (Fsp3) is 0.480. The number of β-amino-alcohol motifs (C(OH)–C–C–N with tert-alkyl or cyclic N) is 1. The van der Waals surface area contributed by atoms with Crippen LogP contribution in [0, 0.1) is 0 Å². The van der Waals surface area contributed by atoms with Crippen LogP contribution in [0.2, 0.25) is 5.02 Å². The van der Waals surface area contributed by atoms with Gasteiger partial charge in [0.1, 0.15) is 0 Å². The maximum Gasteiger partial charge on any atom is 0.225 e. The van der Waals surface area contributed by atoms with Gasteiger partial charge in [-0.3, -0.25) is 9.69 Å². The van der Waals surface area contributed by atoms with Crippen LogP contribution in [0.1, 0.15) is 62.3 Å². The lowest BCUT2D eigenvalue weighted by molar-refractivity contribution is -0.117. The highest BCUT2D eigenvalue weighted by molar-refractivity contribution is 6.31. The summed E-state index contributed by atoms with van der Waals surface area (Å²) in [6, 6.07) is 14.8. The van der Waals surface area contributed by atoms with Gasteiger partial charge < -0.3 is 10.4 Å². The molecule has 1 fully saturated rings. The monoisotopic (exact) mass is 426 g/mol. The van der Waals surface area contributed by atoms with Gasteiger partial charge >= 0.3 is 0 Å². The maximum atomic E-state index is 12.0. The molecule has 2 aromatic rings. The van der Waals surface area contributed by atoms with E-state index in [9.17, 15) is 9.90 Å². The lowest BCUT2D eigenvalue weighted by atomic mass is 9.77. The molecular weight excluding hydrogens is 396 g/mol. The highest BCUT2D eigenvalue weighted by Crippen LogP contribution is 2.41. The van der Waals surface area contributed by atoms with Crippen molar-refractivity contribution in [2.75, 3.05) is 18.4 Å². The third-order valence-corrected chi connectivity index (χ3v) is 6.90. The van der Waals surface area contributed by atoms with Crippen LogP contribution < -0.4 is 5.32 Å². The number of hydrogen-bond donors (Lipinski definition) is 2. The molecule has 4 nitrogen and oxygen atoms in total. The van der Waals surface area contributed by atoms with Crippen molar-refractivity contribution in [1.29, 1.82) is 0 Å². The summed E-state index contributed by atoms with van der Waals surface area (Å²) in [7, 11) is 0. The summed E-state index contributed by atoms with van der Waals surface area (Å²) in [5, 5.41) is 14.6. The smallest absolute Gasteiger partial charge is 0.225 e. The highest BCUT2D eigenvalue weighted by atomic mass is 35.5. The van der Waals surface area contributed by atoms with E-state index in [1.54, 1.807) is 6.07 Å². The highest BCUT2D eigenvalue weighted by Gasteiger charge is 2.34. The third kappa shape index (κ3) is 4.56. The number of amides is 1. The molecule has 1 amide bonds. The Balaban J connectivity index is 1.54. The van der Waals surface area contributed by atoms with Crippen LogP contribution in [-0.2, 0) is 16.6 Å². The predicted octanol–water partition coefficient (Wildman–Crippen LogP) is 5.09. The van der Waals surface area contributed by atoms with Gasteiger partial charge in [-0.15, -0.1) is 0 Å². The standard InChI is InChI=1S/C25H31ClN2O2/c1-25(2)15-24(30)27-22-14-21(26)19(13-20(22)25)23(29)16-28-11-7-6-10-18(28)12-17-8-4-3-5-9-17/h3-5,8-9,13-14,18,23,29H,6-7,10-12,15-16H2,1-2H3,(H,27,30)/t18-,23?/m0/s1. The minimum atomic E-state index is -0.660. The molecule has 0 saturated carbocycles. The molecule has 5 heteroatoms. The zero-order valence-corrected chi connectivity index (χ0v) is 18.6. The second-order valence-electron chi connectivity index (χ2n) is 9.38. The van der Waals surface area contributed by atoms with Gasteiger partial charge in [-0.05, 0) is 49.1 Å². The molecule has 160 valence electrons. The van der Waals surface area contributed by atoms with Gasteiger partial charge in [0.25, 0.3) is 0 Å². The first kappa shape index (κ1) is 21.4. The van der Waals surface area contributed by atoms with Crippen LogP contribution in [0.5, 0.6) is 0 Å². The van der Waals surface area contributed by atoms with Crippen LogP contribution in [0.15, 0.2) is 42.5 Å². The first-order valence-electron chi connectivity index (χ1n) is 10.9. The quantitative estimate of drug-likeness (QED) is 0.700. The number of rotatable bonds is 5. The van der Waals surface area contributed by atoms with E-state index in [2.05, 4.69) is 48.3 Å². The molecule has 2 N–H and O–H groups in total. The lowest BCUT2D eigenvalue weighted by Gasteiger charge is -2.38. The Morgan fingerprint density at radius 1 is 1.23 bits per heavy atom. The zero-order valence-electron chi connectivity index (χ0n) is 17.8. The summed E-state index contributed by atoms with van der Waals surface area (Å²) in [6.07, 6.45) is 4.32. The number of hydrogen-bond acceptors (Lipinski definition) is 3. The molecule has 0 aliphatic carbocycles. The molecule has 2 heterocycles. The average Bonchev–Trinajstić information content (AvgIpc) is 2.69. The Bertz CT molecular complexity index is 913. The molecule has 1 unspecified atom stereocenters. The molecule has 2 aliphatic rings. The molecule has 0 radical (unpaired) electrons. The number of aliphatic hydroxyl groups excluding tert-OH is 1. The number of carbonyl (C=O) groups excluding carboxylic acids is 1. The van der Waals surface area contributed by atoms with Crippen molar-refractivity contribution in [1.82, 2.24) is 4.90 Å². The minimum Gasteiger partial charge on any atom is -0.387 e. The number of anilines is 1. The number of nitrogens with zero attached hydrogens (tertiary/aromatic N) is 1. The van der Waals surface area contributed by atoms with E-state index in [1.165, 1.54) is 12.0 Å². The van der Waals surface area contributed by atoms with Gasteiger partial charge in [0.15, 0.2) is 0 Å². The van der Waals surface area contributed by atoms with Gasteiger partial charge in [0.05, 0.1) is 6.10 Å². The van der Waals surface area contributed by atoms with Crippen molar-refractivity contribution in [3.8, 4) is 0 Å². The summed E-state index contributed by atoms with van der Waals surface area (Å²) >= 11 is 6.55. The van der Waals surface area contributed by atoms with Crippen molar-refractivity contribution >= 4 is 23.2 Å². The Labute approximate surface area is 184 Å². The summed E-state index contributed by atoms with van der Waals surface area (Å²) in [5.41, 5.74) is 3.62. The molecule has 0 bridgehead atoms. The van der Waals surface area contributed by atoms with Crippen molar-refractivity contribution in [3.05, 3.63) is 64.2 Å². The fourth-order valence-electron chi connectivity index (χ4n) is 4.94. The summed E-state index contributed by atoms with van der Waals surface area (Å²) in [6.45, 7) is 5.70. The first-order valence-corrected chi connectivity index (χ1v) is 11.3. The Morgan fingerprint density at radius 3 is 2.77 bits per heavy atom. The van der Waals surface area contributed by atoms with Crippen LogP contribution in [-0.4, -0.2) is 35.0 Å². The minimum absolute atomic E-state index is 0.00827. The van der Waals surface area contributed by atoms with Gasteiger partial charge in [0.2, 0.25) is 5.91 Å². The summed E-state index contributed by atoms with van der Waals surface area (Å²) < 4.78 is 0. The Morgan fingerprint density at radius 2 is 2.00 bits per heavy atom. The topological polar surface area (TPSA) is 52.6 Å². The number of likely N-dealkylation sites (tertiary alicyclic amines) is 1. The van der Waals surface area contributed by atoms with E-state index in [-0.39, 0.29) is 11.3 Å². The van der Waals surface area contributed by atoms with Gasteiger partial charge in [-0.25, -0.2) is 0 Å². The first-order chi connectivity index (χ1) is 14.3. The largest absolute Gasteiger partial charge is 0.387 e. The number of fused-ring (bicyclic) bond motifs is 1. The van der Waals surface area contributed by atoms with E-state index in [0.29, 0.717) is 24.0 Å². The molecule has 30 heavy (non-hydrogen) atoms. The number of benzene rings is 2. The van der Waals surface area contributed by atoms with E-state index in [1.807, 2.05) is 12.1 Å². The van der Waals surface area contributed by atoms with Crippen LogP contribution >= 0.6 is 11.6 Å². The average molecular weight is 427 g/mol. The molecular formula is C25H31ClN2O2. The molecule has 2 aromatic carbocycles. The summed E-state index contributed by atoms with van der Waals surface area (Å²) in [4.78, 5) is 14.4. The second-order valence-corrected chi connectivity index (χ2v) is 9.79. The van der Waals surface area contributed by atoms with Gasteiger partial charge in [-0.2, -0.15) is 0 Å². The zero-order chi connectivity index (χ0) is 21.3. The second kappa shape index (κ2) is 8.70. The van der Waals surface area contributed by atoms with E-state index in [4.69, 9.17) is 11.6 Å². The SMILES string of the molecule is CC1(C)CC(=O)Nc2cc(Cl)c(C(O)CN3CCCC[C@H]3Cc3ccccc3)cc21. The predicted molar refractivity (Wildman–Crippen MR) is 122 cm³/mol. The van der Waals surface area contributed by atoms with Crippen LogP contribution in [0.25, 0.3) is 0 Å². The van der Waals surface area contributed by atoms with E-state index >= 15 is 0 Å². The fourth-order valence-corrected chi connectivity index (χ4v) is 5.23. The van der Waals surface area contributed by atoms with Crippen molar-refractivity contribution < 1.29 is 9.90 Å². The number of aliphatic hydroxyl groups is 1. The molecule has 0 aromatic heterocycles. The molecule has 2 atom stereocenters. The van der Waals surface area contributed by atoms with Crippen LogP contribution in [0.4, 0.5) is 5.69 Å². The molecule has 1 saturated heterocycles. The number of carbonyl (C=O) groups is 1.